The number of aryl methyl sites for hydroxylation is 1. The van der Waals surface area contributed by atoms with Crippen LogP contribution in [0.3, 0.4) is 0 Å². The molecule has 7 heteroatoms. The molecule has 142 valence electrons. The molecule has 1 aromatic heterocycles. The zero-order valence-electron chi connectivity index (χ0n) is 15.8. The van der Waals surface area contributed by atoms with Crippen molar-refractivity contribution in [3.8, 4) is 0 Å². The van der Waals surface area contributed by atoms with Crippen molar-refractivity contribution in [2.75, 3.05) is 10.6 Å². The van der Waals surface area contributed by atoms with Crippen molar-refractivity contribution in [1.82, 2.24) is 9.97 Å². The Morgan fingerprint density at radius 3 is 2.50 bits per heavy atom. The summed E-state index contributed by atoms with van der Waals surface area (Å²) in [7, 11) is 0. The molecule has 1 heterocycles. The van der Waals surface area contributed by atoms with Gasteiger partial charge in [-0.15, -0.1) is 0 Å². The van der Waals surface area contributed by atoms with Gasteiger partial charge in [0.15, 0.2) is 0 Å². The van der Waals surface area contributed by atoms with E-state index in [1.165, 1.54) is 0 Å². The fourth-order valence-electron chi connectivity index (χ4n) is 2.57. The van der Waals surface area contributed by atoms with Crippen LogP contribution in [0.15, 0.2) is 22.8 Å². The predicted molar refractivity (Wildman–Crippen MR) is 112 cm³/mol. The third kappa shape index (κ3) is 5.09. The van der Waals surface area contributed by atoms with Crippen LogP contribution < -0.4 is 10.6 Å². The van der Waals surface area contributed by atoms with E-state index in [1.807, 2.05) is 13.0 Å². The molecule has 0 bridgehead atoms. The molecule has 0 aliphatic heterocycles. The molecule has 0 atom stereocenters. The highest BCUT2D eigenvalue weighted by Gasteiger charge is 2.22. The zero-order chi connectivity index (χ0) is 19.5. The topological polar surface area (TPSA) is 70.1 Å². The molecule has 0 aliphatic carbocycles. The third-order valence-electron chi connectivity index (χ3n) is 4.24. The molecule has 1 aromatic carbocycles. The summed E-state index contributed by atoms with van der Waals surface area (Å²) in [5.41, 5.74) is 1.37. The minimum atomic E-state index is -1.03. The number of aromatic nitrogens is 2. The number of nitrogens with one attached hydrogen (secondary N) is 2. The summed E-state index contributed by atoms with van der Waals surface area (Å²) in [6.07, 6.45) is 3.84. The van der Waals surface area contributed by atoms with Crippen LogP contribution in [-0.2, 0) is 5.60 Å². The van der Waals surface area contributed by atoms with E-state index in [0.29, 0.717) is 32.7 Å². The summed E-state index contributed by atoms with van der Waals surface area (Å²) >= 11 is 9.74. The van der Waals surface area contributed by atoms with Gasteiger partial charge in [0.2, 0.25) is 5.95 Å². The maximum atomic E-state index is 10.4. The Morgan fingerprint density at radius 1 is 1.27 bits per heavy atom. The molecule has 26 heavy (non-hydrogen) atoms. The Hall–Kier alpha value is -1.37. The van der Waals surface area contributed by atoms with E-state index in [-0.39, 0.29) is 0 Å². The van der Waals surface area contributed by atoms with Crippen LogP contribution in [0.2, 0.25) is 5.02 Å². The molecule has 0 spiro atoms. The van der Waals surface area contributed by atoms with Gasteiger partial charge in [0.25, 0.3) is 0 Å². The summed E-state index contributed by atoms with van der Waals surface area (Å²) in [6, 6.07) is 3.99. The lowest BCUT2D eigenvalue weighted by Gasteiger charge is -2.22. The first kappa shape index (κ1) is 20.9. The second-order valence-corrected chi connectivity index (χ2v) is 8.09. The van der Waals surface area contributed by atoms with E-state index in [2.05, 4.69) is 50.4 Å². The number of anilines is 3. The van der Waals surface area contributed by atoms with Gasteiger partial charge in [-0.1, -0.05) is 25.4 Å². The molecule has 0 radical (unpaired) electrons. The highest BCUT2D eigenvalue weighted by atomic mass is 79.9. The Bertz CT molecular complexity index is 773. The second-order valence-electron chi connectivity index (χ2n) is 6.89. The quantitative estimate of drug-likeness (QED) is 0.508. The average Bonchev–Trinajstić information content (AvgIpc) is 2.57. The molecule has 2 aromatic rings. The molecule has 0 amide bonds. The van der Waals surface area contributed by atoms with Crippen molar-refractivity contribution in [2.45, 2.75) is 59.1 Å². The smallest absolute Gasteiger partial charge is 0.229 e. The monoisotopic (exact) mass is 440 g/mol. The van der Waals surface area contributed by atoms with Gasteiger partial charge in [0, 0.05) is 33.5 Å². The van der Waals surface area contributed by atoms with Crippen molar-refractivity contribution >= 4 is 45.0 Å². The largest absolute Gasteiger partial charge is 0.386 e. The molecule has 5 nitrogen and oxygen atoms in total. The number of nitrogens with zero attached hydrogens (tertiary/aromatic N) is 2. The van der Waals surface area contributed by atoms with Crippen molar-refractivity contribution < 1.29 is 5.11 Å². The first-order chi connectivity index (χ1) is 12.2. The van der Waals surface area contributed by atoms with Crippen molar-refractivity contribution in [2.24, 2.45) is 0 Å². The lowest BCUT2D eigenvalue weighted by atomic mass is 9.98. The van der Waals surface area contributed by atoms with Crippen LogP contribution in [0.5, 0.6) is 0 Å². The van der Waals surface area contributed by atoms with E-state index >= 15 is 0 Å². The zero-order valence-corrected chi connectivity index (χ0v) is 18.2. The fourth-order valence-corrected chi connectivity index (χ4v) is 3.50. The number of benzene rings is 1. The normalized spacial score (nSPS) is 11.7. The van der Waals surface area contributed by atoms with Gasteiger partial charge in [0.05, 0.1) is 10.6 Å². The molecule has 0 saturated heterocycles. The molecular formula is C19H26BrClN4O. The van der Waals surface area contributed by atoms with Crippen molar-refractivity contribution in [1.29, 1.82) is 0 Å². The summed E-state index contributed by atoms with van der Waals surface area (Å²) < 4.78 is 0.679. The standard InChI is InChI=1S/C19H26BrClN4O/c1-6-12(7-2)23-17-11(3)10-22-18(25-17)24-13-8-14(19(4,5)26)16(20)15(21)9-13/h8-10,12,26H,6-7H2,1-5H3,(H2,22,23,24,25). The number of rotatable bonds is 7. The van der Waals surface area contributed by atoms with E-state index in [0.717, 1.165) is 24.2 Å². The minimum Gasteiger partial charge on any atom is -0.386 e. The molecule has 0 aliphatic rings. The molecule has 0 fully saturated rings. The molecule has 0 unspecified atom stereocenters. The molecular weight excluding hydrogens is 416 g/mol. The van der Waals surface area contributed by atoms with Crippen molar-refractivity contribution in [3.63, 3.8) is 0 Å². The van der Waals surface area contributed by atoms with Gasteiger partial charge >= 0.3 is 0 Å². The van der Waals surface area contributed by atoms with Gasteiger partial charge in [-0.05, 0) is 61.7 Å². The lowest BCUT2D eigenvalue weighted by molar-refractivity contribution is 0.0779. The second kappa shape index (κ2) is 8.55. The van der Waals surface area contributed by atoms with Gasteiger partial charge < -0.3 is 15.7 Å². The lowest BCUT2D eigenvalue weighted by Crippen LogP contribution is -2.19. The van der Waals surface area contributed by atoms with E-state index in [1.54, 1.807) is 26.1 Å². The Morgan fingerprint density at radius 2 is 1.92 bits per heavy atom. The molecule has 0 saturated carbocycles. The number of aliphatic hydroxyl groups is 1. The third-order valence-corrected chi connectivity index (χ3v) is 5.62. The summed E-state index contributed by atoms with van der Waals surface area (Å²) in [6.45, 7) is 9.72. The average molecular weight is 442 g/mol. The summed E-state index contributed by atoms with van der Waals surface area (Å²) in [5.74, 6) is 1.30. The van der Waals surface area contributed by atoms with Crippen molar-refractivity contribution in [3.05, 3.63) is 39.0 Å². The van der Waals surface area contributed by atoms with Gasteiger partial charge in [-0.3, -0.25) is 0 Å². The molecule has 2 rings (SSSR count). The minimum absolute atomic E-state index is 0.375. The van der Waals surface area contributed by atoms with Gasteiger partial charge in [-0.2, -0.15) is 4.98 Å². The highest BCUT2D eigenvalue weighted by Crippen LogP contribution is 2.36. The first-order valence-electron chi connectivity index (χ1n) is 8.74. The van der Waals surface area contributed by atoms with E-state index in [9.17, 15) is 5.11 Å². The Balaban J connectivity index is 2.33. The number of hydrogen-bond donors (Lipinski definition) is 3. The van der Waals surface area contributed by atoms with E-state index < -0.39 is 5.60 Å². The van der Waals surface area contributed by atoms with Crippen LogP contribution >= 0.6 is 27.5 Å². The van der Waals surface area contributed by atoms with E-state index in [4.69, 9.17) is 11.6 Å². The van der Waals surface area contributed by atoms with Crippen LogP contribution in [0.4, 0.5) is 17.5 Å². The first-order valence-corrected chi connectivity index (χ1v) is 9.91. The maximum Gasteiger partial charge on any atom is 0.229 e. The van der Waals surface area contributed by atoms with Crippen LogP contribution in [-0.4, -0.2) is 21.1 Å². The van der Waals surface area contributed by atoms with Crippen LogP contribution in [0.1, 0.15) is 51.7 Å². The SMILES string of the molecule is CCC(CC)Nc1nc(Nc2cc(Cl)c(Br)c(C(C)(C)O)c2)ncc1C. The van der Waals surface area contributed by atoms with Crippen LogP contribution in [0.25, 0.3) is 0 Å². The van der Waals surface area contributed by atoms with Gasteiger partial charge in [-0.25, -0.2) is 4.98 Å². The highest BCUT2D eigenvalue weighted by molar-refractivity contribution is 9.10. The predicted octanol–water partition coefficient (Wildman–Crippen LogP) is 5.77. The Kier molecular flexibility index (Phi) is 6.88. The Labute approximate surface area is 168 Å². The van der Waals surface area contributed by atoms with Crippen LogP contribution in [0, 0.1) is 6.92 Å². The number of hydrogen-bond acceptors (Lipinski definition) is 5. The molecule has 3 N–H and O–H groups in total. The maximum absolute atomic E-state index is 10.4. The summed E-state index contributed by atoms with van der Waals surface area (Å²) in [5, 5.41) is 17.5. The number of halogens is 2. The fraction of sp³-hybridized carbons (Fsp3) is 0.474. The summed E-state index contributed by atoms with van der Waals surface area (Å²) in [4.78, 5) is 8.95. The van der Waals surface area contributed by atoms with Gasteiger partial charge in [0.1, 0.15) is 5.82 Å².